The summed E-state index contributed by atoms with van der Waals surface area (Å²) in [7, 11) is 0. The number of aromatic nitrogens is 3. The van der Waals surface area contributed by atoms with Gasteiger partial charge in [-0.05, 0) is 43.4 Å². The molecule has 7 nitrogen and oxygen atoms in total. The van der Waals surface area contributed by atoms with Crippen molar-refractivity contribution in [2.45, 2.75) is 32.5 Å². The zero-order valence-corrected chi connectivity index (χ0v) is 16.5. The van der Waals surface area contributed by atoms with Gasteiger partial charge in [0.1, 0.15) is 0 Å². The van der Waals surface area contributed by atoms with Gasteiger partial charge in [0.25, 0.3) is 0 Å². The van der Waals surface area contributed by atoms with Gasteiger partial charge in [0.2, 0.25) is 0 Å². The SMILES string of the molecule is CCOC(=O)N1CCN(Cn2nc(-c3cccs3)n(C3CC3)c2=S)CC1. The van der Waals surface area contributed by atoms with Gasteiger partial charge in [0.15, 0.2) is 10.6 Å². The summed E-state index contributed by atoms with van der Waals surface area (Å²) in [6.07, 6.45) is 2.13. The lowest BCUT2D eigenvalue weighted by atomic mass is 10.3. The van der Waals surface area contributed by atoms with Crippen molar-refractivity contribution in [3.63, 3.8) is 0 Å². The molecule has 0 bridgehead atoms. The van der Waals surface area contributed by atoms with Crippen molar-refractivity contribution in [1.29, 1.82) is 0 Å². The molecule has 0 N–H and O–H groups in total. The van der Waals surface area contributed by atoms with E-state index in [4.69, 9.17) is 22.1 Å². The second-order valence-electron chi connectivity index (χ2n) is 6.63. The molecule has 1 amide bonds. The van der Waals surface area contributed by atoms with Gasteiger partial charge in [-0.3, -0.25) is 9.47 Å². The fourth-order valence-electron chi connectivity index (χ4n) is 3.22. The van der Waals surface area contributed by atoms with Crippen LogP contribution in [0.5, 0.6) is 0 Å². The molecule has 0 radical (unpaired) electrons. The van der Waals surface area contributed by atoms with Crippen LogP contribution in [0.3, 0.4) is 0 Å². The van der Waals surface area contributed by atoms with Crippen molar-refractivity contribution in [2.75, 3.05) is 32.8 Å². The van der Waals surface area contributed by atoms with Gasteiger partial charge in [0.05, 0.1) is 18.2 Å². The quantitative estimate of drug-likeness (QED) is 0.730. The van der Waals surface area contributed by atoms with Crippen LogP contribution in [-0.2, 0) is 11.4 Å². The highest BCUT2D eigenvalue weighted by Gasteiger charge is 2.30. The summed E-state index contributed by atoms with van der Waals surface area (Å²) in [4.78, 5) is 17.0. The number of carbonyl (C=O) groups excluding carboxylic acids is 1. The van der Waals surface area contributed by atoms with Gasteiger partial charge in [-0.2, -0.15) is 0 Å². The van der Waals surface area contributed by atoms with Crippen LogP contribution in [0.15, 0.2) is 17.5 Å². The van der Waals surface area contributed by atoms with Gasteiger partial charge in [-0.15, -0.1) is 16.4 Å². The Morgan fingerprint density at radius 3 is 2.73 bits per heavy atom. The summed E-state index contributed by atoms with van der Waals surface area (Å²) in [5.74, 6) is 0.984. The Kier molecular flexibility index (Phi) is 5.10. The molecule has 2 aliphatic rings. The molecule has 2 aromatic heterocycles. The first-order valence-corrected chi connectivity index (χ1v) is 10.3. The molecule has 0 atom stereocenters. The number of hydrogen-bond donors (Lipinski definition) is 0. The van der Waals surface area contributed by atoms with Gasteiger partial charge in [-0.25, -0.2) is 9.48 Å². The maximum Gasteiger partial charge on any atom is 0.409 e. The summed E-state index contributed by atoms with van der Waals surface area (Å²) >= 11 is 7.42. The third-order valence-electron chi connectivity index (χ3n) is 4.76. The monoisotopic (exact) mass is 393 g/mol. The summed E-state index contributed by atoms with van der Waals surface area (Å²) < 4.78 is 10.0. The number of thiophene rings is 1. The maximum atomic E-state index is 11.8. The zero-order valence-electron chi connectivity index (χ0n) is 14.8. The standard InChI is InChI=1S/C17H23N5O2S2/c1-2-24-17(23)20-9-7-19(8-10-20)12-21-16(25)22(13-5-6-13)15(18-21)14-4-3-11-26-14/h3-4,11,13H,2,5-10,12H2,1H3. The number of hydrogen-bond acceptors (Lipinski definition) is 6. The first-order chi connectivity index (χ1) is 12.7. The van der Waals surface area contributed by atoms with E-state index in [9.17, 15) is 4.79 Å². The Hall–Kier alpha value is -1.71. The Labute approximate surface area is 161 Å². The van der Waals surface area contributed by atoms with Gasteiger partial charge in [0, 0.05) is 32.2 Å². The molecule has 0 aromatic carbocycles. The highest BCUT2D eigenvalue weighted by molar-refractivity contribution is 7.71. The highest BCUT2D eigenvalue weighted by Crippen LogP contribution is 2.39. The lowest BCUT2D eigenvalue weighted by Crippen LogP contribution is -2.49. The van der Waals surface area contributed by atoms with E-state index in [-0.39, 0.29) is 6.09 Å². The van der Waals surface area contributed by atoms with Crippen molar-refractivity contribution >= 4 is 29.6 Å². The lowest BCUT2D eigenvalue weighted by Gasteiger charge is -2.33. The van der Waals surface area contributed by atoms with Crippen LogP contribution < -0.4 is 0 Å². The van der Waals surface area contributed by atoms with Crippen LogP contribution in [0.25, 0.3) is 10.7 Å². The topological polar surface area (TPSA) is 55.5 Å². The molecule has 0 unspecified atom stereocenters. The molecule has 9 heteroatoms. The highest BCUT2D eigenvalue weighted by atomic mass is 32.1. The minimum absolute atomic E-state index is 0.221. The Balaban J connectivity index is 1.47. The first kappa shape index (κ1) is 17.7. The Morgan fingerprint density at radius 2 is 2.12 bits per heavy atom. The number of piperazine rings is 1. The van der Waals surface area contributed by atoms with E-state index in [1.54, 1.807) is 16.2 Å². The van der Waals surface area contributed by atoms with Gasteiger partial charge in [-0.1, -0.05) is 6.07 Å². The Morgan fingerprint density at radius 1 is 1.35 bits per heavy atom. The molecule has 1 saturated heterocycles. The van der Waals surface area contributed by atoms with E-state index in [1.165, 1.54) is 12.8 Å². The van der Waals surface area contributed by atoms with Crippen LogP contribution in [0.2, 0.25) is 0 Å². The molecule has 2 aromatic rings. The van der Waals surface area contributed by atoms with Crippen LogP contribution in [-0.4, -0.2) is 63.0 Å². The molecule has 3 heterocycles. The number of carbonyl (C=O) groups is 1. The molecule has 4 rings (SSSR count). The Bertz CT molecular complexity index is 817. The third-order valence-corrected chi connectivity index (χ3v) is 6.03. The number of rotatable bonds is 5. The summed E-state index contributed by atoms with van der Waals surface area (Å²) in [6, 6.07) is 4.64. The number of nitrogens with zero attached hydrogens (tertiary/aromatic N) is 5. The molecule has 1 saturated carbocycles. The van der Waals surface area contributed by atoms with Gasteiger partial charge >= 0.3 is 6.09 Å². The van der Waals surface area contributed by atoms with Crippen molar-refractivity contribution in [3.05, 3.63) is 22.3 Å². The number of amides is 1. The predicted octanol–water partition coefficient (Wildman–Crippen LogP) is 3.21. The number of ether oxygens (including phenoxy) is 1. The average molecular weight is 394 g/mol. The molecule has 26 heavy (non-hydrogen) atoms. The fourth-order valence-corrected chi connectivity index (χ4v) is 4.26. The van der Waals surface area contributed by atoms with Crippen LogP contribution in [0.4, 0.5) is 4.79 Å². The zero-order chi connectivity index (χ0) is 18.1. The summed E-state index contributed by atoms with van der Waals surface area (Å²) in [5, 5.41) is 6.90. The van der Waals surface area contributed by atoms with E-state index in [2.05, 4.69) is 20.9 Å². The van der Waals surface area contributed by atoms with Crippen molar-refractivity contribution in [3.8, 4) is 10.7 Å². The van der Waals surface area contributed by atoms with Crippen molar-refractivity contribution in [1.82, 2.24) is 24.1 Å². The fraction of sp³-hybridized carbons (Fsp3) is 0.588. The smallest absolute Gasteiger partial charge is 0.409 e. The van der Waals surface area contributed by atoms with Crippen molar-refractivity contribution < 1.29 is 9.53 Å². The van der Waals surface area contributed by atoms with Gasteiger partial charge < -0.3 is 9.64 Å². The van der Waals surface area contributed by atoms with E-state index < -0.39 is 0 Å². The first-order valence-electron chi connectivity index (χ1n) is 9.04. The van der Waals surface area contributed by atoms with E-state index >= 15 is 0 Å². The summed E-state index contributed by atoms with van der Waals surface area (Å²) in [6.45, 7) is 5.85. The normalized spacial score (nSPS) is 18.3. The third kappa shape index (κ3) is 3.56. The van der Waals surface area contributed by atoms with E-state index in [1.807, 2.05) is 17.7 Å². The predicted molar refractivity (Wildman–Crippen MR) is 103 cm³/mol. The average Bonchev–Trinajstić information content (AvgIpc) is 3.22. The molecule has 1 aliphatic carbocycles. The van der Waals surface area contributed by atoms with Crippen LogP contribution in [0, 0.1) is 4.77 Å². The lowest BCUT2D eigenvalue weighted by molar-refractivity contribution is 0.0690. The van der Waals surface area contributed by atoms with E-state index in [0.29, 0.717) is 32.4 Å². The largest absolute Gasteiger partial charge is 0.450 e. The second-order valence-corrected chi connectivity index (χ2v) is 7.94. The molecule has 1 aliphatic heterocycles. The van der Waals surface area contributed by atoms with Crippen molar-refractivity contribution in [2.24, 2.45) is 0 Å². The molecule has 140 valence electrons. The molecule has 2 fully saturated rings. The molecular weight excluding hydrogens is 370 g/mol. The molecular formula is C17H23N5O2S2. The maximum absolute atomic E-state index is 11.8. The molecule has 0 spiro atoms. The van der Waals surface area contributed by atoms with Crippen LogP contribution in [0.1, 0.15) is 25.8 Å². The van der Waals surface area contributed by atoms with E-state index in [0.717, 1.165) is 28.6 Å². The van der Waals surface area contributed by atoms with Crippen LogP contribution >= 0.6 is 23.6 Å². The second kappa shape index (κ2) is 7.50. The minimum Gasteiger partial charge on any atom is -0.450 e. The summed E-state index contributed by atoms with van der Waals surface area (Å²) in [5.41, 5.74) is 0. The minimum atomic E-state index is -0.221.